The fourth-order valence-electron chi connectivity index (χ4n) is 5.04. The average Bonchev–Trinajstić information content (AvgIpc) is 3.36. The van der Waals surface area contributed by atoms with Gasteiger partial charge in [-0.3, -0.25) is 4.79 Å². The second-order valence-electron chi connectivity index (χ2n) is 10.0. The molecule has 1 aliphatic carbocycles. The molecule has 180 valence electrons. The average molecular weight is 485 g/mol. The fraction of sp³-hybridized carbons (Fsp3) is 0.480. The molecule has 1 aromatic carbocycles. The van der Waals surface area contributed by atoms with Gasteiger partial charge in [0, 0.05) is 24.8 Å². The maximum absolute atomic E-state index is 11.6. The van der Waals surface area contributed by atoms with Gasteiger partial charge in [0.15, 0.2) is 5.65 Å². The van der Waals surface area contributed by atoms with Crippen LogP contribution >= 0.6 is 11.6 Å². The second kappa shape index (κ2) is 8.13. The van der Waals surface area contributed by atoms with Crippen molar-refractivity contribution in [3.63, 3.8) is 0 Å². The van der Waals surface area contributed by atoms with Gasteiger partial charge in [-0.25, -0.2) is 4.98 Å². The molecule has 0 radical (unpaired) electrons. The van der Waals surface area contributed by atoms with Crippen molar-refractivity contribution < 1.29 is 19.7 Å². The summed E-state index contributed by atoms with van der Waals surface area (Å²) in [6, 6.07) is 8.44. The number of halogens is 1. The smallest absolute Gasteiger partial charge is 0.312 e. The van der Waals surface area contributed by atoms with Crippen molar-refractivity contribution >= 4 is 34.4 Å². The standard InChI is InChI=1S/C25H29ClN4O4/c1-24(2,22(31)32)25(33)9-6-16(7-10-25)34-23-27-18-13-17(26)20(28-21(18)29-23)15-4-5-19-14(12-15)8-11-30(19)3/h4-5,12-13,16,33H,6-11H2,1-3H3,(H,31,32)(H,27,28,29)/t16-,25+. The zero-order valence-electron chi connectivity index (χ0n) is 19.6. The molecule has 34 heavy (non-hydrogen) atoms. The first kappa shape index (κ1) is 22.9. The predicted molar refractivity (Wildman–Crippen MR) is 131 cm³/mol. The number of aliphatic carboxylic acids is 1. The first-order chi connectivity index (χ1) is 16.1. The molecular formula is C25H29ClN4O4. The van der Waals surface area contributed by atoms with Crippen LogP contribution in [-0.2, 0) is 11.2 Å². The summed E-state index contributed by atoms with van der Waals surface area (Å²) in [6.07, 6.45) is 2.59. The molecule has 1 fully saturated rings. The van der Waals surface area contributed by atoms with Crippen molar-refractivity contribution in [3.8, 4) is 17.3 Å². The van der Waals surface area contributed by atoms with E-state index in [0.29, 0.717) is 53.6 Å². The van der Waals surface area contributed by atoms with Crippen molar-refractivity contribution in [2.24, 2.45) is 5.41 Å². The number of fused-ring (bicyclic) bond motifs is 2. The Morgan fingerprint density at radius 3 is 2.71 bits per heavy atom. The van der Waals surface area contributed by atoms with Crippen LogP contribution in [0.3, 0.4) is 0 Å². The second-order valence-corrected chi connectivity index (χ2v) is 10.4. The number of aliphatic hydroxyl groups is 1. The lowest BCUT2D eigenvalue weighted by molar-refractivity contribution is -0.171. The number of hydrogen-bond donors (Lipinski definition) is 3. The largest absolute Gasteiger partial charge is 0.481 e. The number of anilines is 1. The topological polar surface area (TPSA) is 112 Å². The molecule has 0 amide bonds. The number of imidazole rings is 1. The van der Waals surface area contributed by atoms with Crippen LogP contribution in [0.1, 0.15) is 45.1 Å². The van der Waals surface area contributed by atoms with E-state index >= 15 is 0 Å². The minimum Gasteiger partial charge on any atom is -0.481 e. The van der Waals surface area contributed by atoms with Crippen molar-refractivity contribution in [2.75, 3.05) is 18.5 Å². The number of likely N-dealkylation sites (N-methyl/N-ethyl adjacent to an activating group) is 1. The summed E-state index contributed by atoms with van der Waals surface area (Å²) in [5, 5.41) is 21.0. The van der Waals surface area contributed by atoms with E-state index in [-0.39, 0.29) is 6.10 Å². The summed E-state index contributed by atoms with van der Waals surface area (Å²) in [5.41, 5.74) is 2.88. The minimum absolute atomic E-state index is 0.172. The zero-order valence-corrected chi connectivity index (χ0v) is 20.3. The number of nitrogens with zero attached hydrogens (tertiary/aromatic N) is 3. The maximum Gasteiger partial charge on any atom is 0.312 e. The van der Waals surface area contributed by atoms with Crippen LogP contribution in [0.25, 0.3) is 22.4 Å². The number of rotatable bonds is 5. The summed E-state index contributed by atoms with van der Waals surface area (Å²) in [5.74, 6) is -0.999. The molecule has 5 rings (SSSR count). The third-order valence-electron chi connectivity index (χ3n) is 7.62. The molecule has 3 aromatic rings. The van der Waals surface area contributed by atoms with Crippen molar-refractivity contribution in [1.82, 2.24) is 15.0 Å². The molecule has 2 aliphatic rings. The molecule has 0 saturated heterocycles. The van der Waals surface area contributed by atoms with Gasteiger partial charge < -0.3 is 24.8 Å². The van der Waals surface area contributed by atoms with Crippen LogP contribution in [-0.4, -0.2) is 56.4 Å². The van der Waals surface area contributed by atoms with E-state index in [1.54, 1.807) is 13.8 Å². The lowest BCUT2D eigenvalue weighted by Crippen LogP contribution is -2.52. The van der Waals surface area contributed by atoms with Gasteiger partial charge in [0.25, 0.3) is 6.01 Å². The Balaban J connectivity index is 1.33. The monoisotopic (exact) mass is 484 g/mol. The number of benzene rings is 1. The van der Waals surface area contributed by atoms with Crippen molar-refractivity contribution in [1.29, 1.82) is 0 Å². The van der Waals surface area contributed by atoms with Gasteiger partial charge in [-0.1, -0.05) is 17.7 Å². The molecular weight excluding hydrogens is 456 g/mol. The number of pyridine rings is 1. The van der Waals surface area contributed by atoms with Gasteiger partial charge >= 0.3 is 5.97 Å². The van der Waals surface area contributed by atoms with E-state index in [4.69, 9.17) is 21.3 Å². The molecule has 3 heterocycles. The predicted octanol–water partition coefficient (Wildman–Crippen LogP) is 4.43. The quantitative estimate of drug-likeness (QED) is 0.491. The lowest BCUT2D eigenvalue weighted by Gasteiger charge is -2.44. The minimum atomic E-state index is -1.26. The number of carbonyl (C=O) groups is 1. The Morgan fingerprint density at radius 1 is 1.26 bits per heavy atom. The molecule has 1 aliphatic heterocycles. The fourth-order valence-corrected chi connectivity index (χ4v) is 5.30. The zero-order chi connectivity index (χ0) is 24.3. The van der Waals surface area contributed by atoms with Crippen LogP contribution < -0.4 is 9.64 Å². The Bertz CT molecular complexity index is 1260. The van der Waals surface area contributed by atoms with Crippen LogP contribution in [0.4, 0.5) is 5.69 Å². The highest BCUT2D eigenvalue weighted by atomic mass is 35.5. The highest BCUT2D eigenvalue weighted by Crippen LogP contribution is 2.43. The number of aromatic nitrogens is 3. The molecule has 0 atom stereocenters. The summed E-state index contributed by atoms with van der Waals surface area (Å²) in [4.78, 5) is 26.2. The third-order valence-corrected chi connectivity index (χ3v) is 7.91. The van der Waals surface area contributed by atoms with E-state index in [0.717, 1.165) is 18.5 Å². The molecule has 8 nitrogen and oxygen atoms in total. The number of carboxylic acid groups (broad SMARTS) is 1. The van der Waals surface area contributed by atoms with Gasteiger partial charge in [0.05, 0.1) is 27.2 Å². The number of aromatic amines is 1. The first-order valence-corrected chi connectivity index (χ1v) is 12.0. The Labute approximate surface area is 202 Å². The third kappa shape index (κ3) is 3.79. The van der Waals surface area contributed by atoms with E-state index in [2.05, 4.69) is 34.0 Å². The normalized spacial score (nSPS) is 22.7. The summed E-state index contributed by atoms with van der Waals surface area (Å²) in [7, 11) is 2.09. The number of hydrogen-bond acceptors (Lipinski definition) is 6. The van der Waals surface area contributed by atoms with Crippen LogP contribution in [0.5, 0.6) is 6.01 Å². The van der Waals surface area contributed by atoms with E-state index in [1.807, 2.05) is 12.1 Å². The summed E-state index contributed by atoms with van der Waals surface area (Å²) in [6.45, 7) is 4.15. The SMILES string of the molecule is CN1CCc2cc(-c3nc4nc(O[C@H]5CC[C@](O)(C(C)(C)C(=O)O)CC5)[nH]c4cc3Cl)ccc21. The van der Waals surface area contributed by atoms with Crippen molar-refractivity contribution in [3.05, 3.63) is 34.9 Å². The summed E-state index contributed by atoms with van der Waals surface area (Å²) >= 11 is 6.58. The molecule has 0 unspecified atom stereocenters. The highest BCUT2D eigenvalue weighted by Gasteiger charge is 2.50. The number of nitrogens with one attached hydrogen (secondary N) is 1. The maximum atomic E-state index is 11.6. The Kier molecular flexibility index (Phi) is 5.48. The first-order valence-electron chi connectivity index (χ1n) is 11.6. The molecule has 2 aromatic heterocycles. The van der Waals surface area contributed by atoms with Crippen LogP contribution in [0, 0.1) is 5.41 Å². The molecule has 3 N–H and O–H groups in total. The molecule has 9 heteroatoms. The Hall–Kier alpha value is -2.84. The van der Waals surface area contributed by atoms with E-state index in [1.165, 1.54) is 11.3 Å². The van der Waals surface area contributed by atoms with Gasteiger partial charge in [-0.05, 0) is 69.7 Å². The summed E-state index contributed by atoms with van der Waals surface area (Å²) < 4.78 is 6.05. The molecule has 0 spiro atoms. The number of carboxylic acids is 1. The number of H-pyrrole nitrogens is 1. The number of ether oxygens (including phenoxy) is 1. The van der Waals surface area contributed by atoms with Gasteiger partial charge in [-0.2, -0.15) is 4.98 Å². The molecule has 0 bridgehead atoms. The van der Waals surface area contributed by atoms with Crippen LogP contribution in [0.2, 0.25) is 5.02 Å². The van der Waals surface area contributed by atoms with Crippen LogP contribution in [0.15, 0.2) is 24.3 Å². The van der Waals surface area contributed by atoms with Gasteiger partial charge in [0.1, 0.15) is 6.10 Å². The lowest BCUT2D eigenvalue weighted by atomic mass is 9.66. The van der Waals surface area contributed by atoms with E-state index < -0.39 is 17.0 Å². The van der Waals surface area contributed by atoms with E-state index in [9.17, 15) is 15.0 Å². The molecule has 1 saturated carbocycles. The van der Waals surface area contributed by atoms with Gasteiger partial charge in [-0.15, -0.1) is 0 Å². The highest BCUT2D eigenvalue weighted by molar-refractivity contribution is 6.33. The Morgan fingerprint density at radius 2 is 2.00 bits per heavy atom. The van der Waals surface area contributed by atoms with Crippen molar-refractivity contribution in [2.45, 2.75) is 57.7 Å². The van der Waals surface area contributed by atoms with Gasteiger partial charge in [0.2, 0.25) is 0 Å².